The molecule has 0 saturated carbocycles. The molecule has 0 saturated heterocycles. The summed E-state index contributed by atoms with van der Waals surface area (Å²) in [5, 5.41) is 3.51. The zero-order valence-corrected chi connectivity index (χ0v) is 13.8. The zero-order valence-electron chi connectivity index (χ0n) is 12.2. The van der Waals surface area contributed by atoms with Crippen LogP contribution in [-0.4, -0.2) is 19.7 Å². The van der Waals surface area contributed by atoms with Crippen molar-refractivity contribution in [2.75, 3.05) is 13.7 Å². The Bertz CT molecular complexity index is 614. The Kier molecular flexibility index (Phi) is 4.61. The van der Waals surface area contributed by atoms with Gasteiger partial charge in [-0.2, -0.15) is 0 Å². The molecule has 2 nitrogen and oxygen atoms in total. The Hall–Kier alpha value is -1.32. The summed E-state index contributed by atoms with van der Waals surface area (Å²) >= 11 is 3.56. The van der Waals surface area contributed by atoms with E-state index in [1.165, 1.54) is 11.1 Å². The molecule has 3 heteroatoms. The van der Waals surface area contributed by atoms with E-state index in [0.29, 0.717) is 12.0 Å². The van der Waals surface area contributed by atoms with Gasteiger partial charge >= 0.3 is 0 Å². The molecule has 2 atom stereocenters. The van der Waals surface area contributed by atoms with E-state index in [9.17, 15) is 0 Å². The van der Waals surface area contributed by atoms with Gasteiger partial charge in [0.2, 0.25) is 0 Å². The summed E-state index contributed by atoms with van der Waals surface area (Å²) in [4.78, 5) is 0. The normalized spacial score (nSPS) is 18.7. The van der Waals surface area contributed by atoms with Gasteiger partial charge in [0, 0.05) is 16.4 Å². The Morgan fingerprint density at radius 3 is 2.90 bits per heavy atom. The lowest BCUT2D eigenvalue weighted by atomic mass is 9.84. The molecule has 2 aromatic carbocycles. The molecule has 110 valence electrons. The quantitative estimate of drug-likeness (QED) is 0.898. The van der Waals surface area contributed by atoms with E-state index in [1.807, 2.05) is 6.07 Å². The molecule has 21 heavy (non-hydrogen) atoms. The van der Waals surface area contributed by atoms with Crippen molar-refractivity contribution in [2.24, 2.45) is 0 Å². The number of hydrogen-bond donors (Lipinski definition) is 1. The van der Waals surface area contributed by atoms with E-state index < -0.39 is 0 Å². The zero-order chi connectivity index (χ0) is 14.7. The molecule has 1 aliphatic heterocycles. The second kappa shape index (κ2) is 6.63. The van der Waals surface area contributed by atoms with Crippen LogP contribution in [0.15, 0.2) is 53.0 Å². The molecular formula is C18H20BrNO. The third-order valence-electron chi connectivity index (χ3n) is 4.21. The summed E-state index contributed by atoms with van der Waals surface area (Å²) in [5.41, 5.74) is 2.69. The highest BCUT2D eigenvalue weighted by Gasteiger charge is 2.27. The number of hydrogen-bond acceptors (Lipinski definition) is 2. The molecule has 0 aromatic heterocycles. The summed E-state index contributed by atoms with van der Waals surface area (Å²) in [5.74, 6) is 1.54. The Balaban J connectivity index is 1.84. The minimum absolute atomic E-state index is 0.421. The van der Waals surface area contributed by atoms with E-state index in [1.54, 1.807) is 0 Å². The third kappa shape index (κ3) is 3.30. The van der Waals surface area contributed by atoms with Crippen LogP contribution in [0.2, 0.25) is 0 Å². The molecule has 3 rings (SSSR count). The van der Waals surface area contributed by atoms with Crippen LogP contribution in [0.1, 0.15) is 23.5 Å². The van der Waals surface area contributed by atoms with Gasteiger partial charge in [-0.1, -0.05) is 46.3 Å². The first-order valence-electron chi connectivity index (χ1n) is 7.41. The van der Waals surface area contributed by atoms with Gasteiger partial charge in [-0.3, -0.25) is 0 Å². The average molecular weight is 346 g/mol. The van der Waals surface area contributed by atoms with Gasteiger partial charge in [0.1, 0.15) is 5.75 Å². The maximum Gasteiger partial charge on any atom is 0.122 e. The molecule has 0 spiro atoms. The average Bonchev–Trinajstić information content (AvgIpc) is 2.52. The Labute approximate surface area is 134 Å². The summed E-state index contributed by atoms with van der Waals surface area (Å²) < 4.78 is 6.92. The van der Waals surface area contributed by atoms with Crippen molar-refractivity contribution in [3.8, 4) is 5.75 Å². The van der Waals surface area contributed by atoms with Crippen LogP contribution in [0.5, 0.6) is 5.75 Å². The van der Waals surface area contributed by atoms with Crippen LogP contribution in [0.3, 0.4) is 0 Å². The van der Waals surface area contributed by atoms with E-state index in [2.05, 4.69) is 70.8 Å². The van der Waals surface area contributed by atoms with Gasteiger partial charge in [0.25, 0.3) is 0 Å². The molecule has 1 heterocycles. The Morgan fingerprint density at radius 1 is 1.24 bits per heavy atom. The maximum absolute atomic E-state index is 5.78. The van der Waals surface area contributed by atoms with E-state index >= 15 is 0 Å². The molecule has 1 aliphatic rings. The molecule has 0 bridgehead atoms. The van der Waals surface area contributed by atoms with Crippen molar-refractivity contribution in [1.82, 2.24) is 5.32 Å². The number of fused-ring (bicyclic) bond motifs is 1. The fraction of sp³-hybridized carbons (Fsp3) is 0.333. The smallest absolute Gasteiger partial charge is 0.122 e. The number of likely N-dealkylation sites (N-methyl/N-ethyl adjacent to an activating group) is 1. The molecular weight excluding hydrogens is 326 g/mol. The van der Waals surface area contributed by atoms with Gasteiger partial charge in [0.15, 0.2) is 0 Å². The van der Waals surface area contributed by atoms with Crippen molar-refractivity contribution < 1.29 is 4.74 Å². The summed E-state index contributed by atoms with van der Waals surface area (Å²) in [6, 6.07) is 17.4. The molecule has 2 aromatic rings. The van der Waals surface area contributed by atoms with Crippen LogP contribution < -0.4 is 10.1 Å². The topological polar surface area (TPSA) is 21.3 Å². The lowest BCUT2D eigenvalue weighted by Gasteiger charge is -2.32. The number of para-hydroxylation sites is 1. The number of halogens is 1. The highest BCUT2D eigenvalue weighted by Crippen LogP contribution is 2.36. The van der Waals surface area contributed by atoms with Crippen molar-refractivity contribution in [1.29, 1.82) is 0 Å². The van der Waals surface area contributed by atoms with Crippen molar-refractivity contribution >= 4 is 15.9 Å². The second-order valence-electron chi connectivity index (χ2n) is 5.51. The monoisotopic (exact) mass is 345 g/mol. The first-order chi connectivity index (χ1) is 10.3. The first-order valence-corrected chi connectivity index (χ1v) is 8.20. The molecule has 0 fully saturated rings. The van der Waals surface area contributed by atoms with E-state index in [-0.39, 0.29) is 0 Å². The van der Waals surface area contributed by atoms with Gasteiger partial charge in [-0.25, -0.2) is 0 Å². The van der Waals surface area contributed by atoms with E-state index in [0.717, 1.165) is 29.7 Å². The molecule has 2 unspecified atom stereocenters. The van der Waals surface area contributed by atoms with Crippen molar-refractivity contribution in [3.63, 3.8) is 0 Å². The largest absolute Gasteiger partial charge is 0.493 e. The third-order valence-corrected chi connectivity index (χ3v) is 4.70. The molecule has 0 amide bonds. The number of rotatable bonds is 4. The SMILES string of the molecule is CNC(Cc1cccc(Br)c1)C1CCOc2ccccc21. The number of nitrogens with one attached hydrogen (secondary N) is 1. The molecule has 0 aliphatic carbocycles. The van der Waals surface area contributed by atoms with Gasteiger partial charge in [0.05, 0.1) is 6.61 Å². The second-order valence-corrected chi connectivity index (χ2v) is 6.43. The molecule has 1 N–H and O–H groups in total. The maximum atomic E-state index is 5.78. The highest BCUT2D eigenvalue weighted by molar-refractivity contribution is 9.10. The first kappa shape index (κ1) is 14.6. The number of benzene rings is 2. The van der Waals surface area contributed by atoms with Gasteiger partial charge in [-0.15, -0.1) is 0 Å². The van der Waals surface area contributed by atoms with Gasteiger partial charge in [-0.05, 0) is 49.2 Å². The minimum atomic E-state index is 0.421. The van der Waals surface area contributed by atoms with Crippen molar-refractivity contribution in [2.45, 2.75) is 24.8 Å². The summed E-state index contributed by atoms with van der Waals surface area (Å²) in [6.07, 6.45) is 2.09. The van der Waals surface area contributed by atoms with Crippen LogP contribution in [0, 0.1) is 0 Å². The minimum Gasteiger partial charge on any atom is -0.493 e. The van der Waals surface area contributed by atoms with Gasteiger partial charge < -0.3 is 10.1 Å². The van der Waals surface area contributed by atoms with Crippen LogP contribution in [0.4, 0.5) is 0 Å². The standard InChI is InChI=1S/C18H20BrNO/c1-20-17(12-13-5-4-6-14(19)11-13)15-9-10-21-18-8-3-2-7-16(15)18/h2-8,11,15,17,20H,9-10,12H2,1H3. The van der Waals surface area contributed by atoms with Crippen LogP contribution in [-0.2, 0) is 6.42 Å². The predicted molar refractivity (Wildman–Crippen MR) is 90.0 cm³/mol. The fourth-order valence-corrected chi connectivity index (χ4v) is 3.60. The lowest BCUT2D eigenvalue weighted by Crippen LogP contribution is -2.36. The highest BCUT2D eigenvalue weighted by atomic mass is 79.9. The predicted octanol–water partition coefficient (Wildman–Crippen LogP) is 4.15. The fourth-order valence-electron chi connectivity index (χ4n) is 3.15. The van der Waals surface area contributed by atoms with Crippen molar-refractivity contribution in [3.05, 3.63) is 64.1 Å². The summed E-state index contributed by atoms with van der Waals surface area (Å²) in [6.45, 7) is 0.804. The number of ether oxygens (including phenoxy) is 1. The Morgan fingerprint density at radius 2 is 2.10 bits per heavy atom. The lowest BCUT2D eigenvalue weighted by molar-refractivity contribution is 0.247. The summed E-state index contributed by atoms with van der Waals surface area (Å²) in [7, 11) is 2.06. The van der Waals surface area contributed by atoms with Crippen LogP contribution in [0.25, 0.3) is 0 Å². The van der Waals surface area contributed by atoms with Crippen LogP contribution >= 0.6 is 15.9 Å². The molecule has 0 radical (unpaired) electrons. The van der Waals surface area contributed by atoms with E-state index in [4.69, 9.17) is 4.74 Å².